The minimum atomic E-state index is -1.87. The van der Waals surface area contributed by atoms with Gasteiger partial charge in [-0.15, -0.1) is 0 Å². The molecule has 2 fully saturated rings. The number of methoxy groups -OCH3 is 2. The number of carbonyl (C=O) groups is 3. The fourth-order valence-electron chi connectivity index (χ4n) is 6.96. The SMILES string of the molecule is COC(=O)C12CN(Cc3ccccn3)CC(C(=O)OC)(C1=O)C(c1ccccn1)N(Cc1ccccn1)C2c1ccccn1.O.[Cl-].[Cl-].[Fe+2]. The number of piperidine rings is 2. The standard InChI is InChI=1S/C33H32N6O5.2ClH.Fe.H2O/c1-43-30(41)32-21-38(19-23-11-3-7-15-34-23)22-33(29(32)40,31(42)44-2)28(26-14-6-10-18-37-26)39(20-24-12-4-8-16-35-24)27(32)25-13-5-9-17-36-25;;;;/h3-18,27-28H,19-22H2,1-2H3;2*1H;;1H2/q;;;+2;/p-2. The molecule has 0 spiro atoms. The summed E-state index contributed by atoms with van der Waals surface area (Å²) in [7, 11) is 2.51. The van der Waals surface area contributed by atoms with Crippen LogP contribution in [0.15, 0.2) is 97.6 Å². The average molecular weight is 737 g/mol. The van der Waals surface area contributed by atoms with Crippen molar-refractivity contribution < 1.29 is 71.2 Å². The van der Waals surface area contributed by atoms with Gasteiger partial charge in [-0.2, -0.15) is 0 Å². The number of ether oxygens (including phenoxy) is 2. The number of hydrogen-bond acceptors (Lipinski definition) is 11. The first-order chi connectivity index (χ1) is 21.5. The molecular formula is C33H34Cl2FeN6O6. The van der Waals surface area contributed by atoms with E-state index in [0.29, 0.717) is 22.8 Å². The van der Waals surface area contributed by atoms with Gasteiger partial charge in [0.15, 0.2) is 16.6 Å². The second-order valence-corrected chi connectivity index (χ2v) is 11.0. The molecule has 0 radical (unpaired) electrons. The number of ketones is 1. The van der Waals surface area contributed by atoms with E-state index in [1.807, 2.05) is 58.3 Å². The second-order valence-electron chi connectivity index (χ2n) is 11.0. The van der Waals surface area contributed by atoms with Gasteiger partial charge >= 0.3 is 29.0 Å². The van der Waals surface area contributed by atoms with Gasteiger partial charge in [0.05, 0.1) is 49.1 Å². The number of carbonyl (C=O) groups excluding carboxylic acids is 3. The van der Waals surface area contributed by atoms with Crippen molar-refractivity contribution in [1.29, 1.82) is 0 Å². The summed E-state index contributed by atoms with van der Waals surface area (Å²) < 4.78 is 10.9. The van der Waals surface area contributed by atoms with Gasteiger partial charge in [0.2, 0.25) is 0 Å². The normalized spacial score (nSPS) is 23.2. The quantitative estimate of drug-likeness (QED) is 0.0991. The van der Waals surface area contributed by atoms with E-state index in [2.05, 4.69) is 19.9 Å². The third kappa shape index (κ3) is 6.85. The molecule has 4 atom stereocenters. The molecule has 4 unspecified atom stereocenters. The van der Waals surface area contributed by atoms with Crippen LogP contribution < -0.4 is 24.8 Å². The van der Waals surface area contributed by atoms with Crippen LogP contribution in [0.5, 0.6) is 0 Å². The maximum Gasteiger partial charge on any atom is 2.00 e. The predicted octanol–water partition coefficient (Wildman–Crippen LogP) is -3.85. The molecule has 0 amide bonds. The zero-order valence-electron chi connectivity index (χ0n) is 26.1. The predicted molar refractivity (Wildman–Crippen MR) is 161 cm³/mol. The van der Waals surface area contributed by atoms with Crippen molar-refractivity contribution in [2.24, 2.45) is 10.8 Å². The van der Waals surface area contributed by atoms with Crippen LogP contribution in [0.4, 0.5) is 0 Å². The number of Topliss-reactive ketones (excluding diaryl/α,β-unsaturated/α-hetero) is 1. The molecule has 0 aromatic carbocycles. The summed E-state index contributed by atoms with van der Waals surface area (Å²) in [5.41, 5.74) is -1.40. The van der Waals surface area contributed by atoms with Gasteiger partial charge in [-0.1, -0.05) is 24.3 Å². The molecule has 12 nitrogen and oxygen atoms in total. The fraction of sp³-hybridized carbons (Fsp3) is 0.303. The molecule has 4 aromatic rings. The topological polar surface area (TPSA) is 159 Å². The van der Waals surface area contributed by atoms with Crippen LogP contribution in [0, 0.1) is 10.8 Å². The third-order valence-corrected chi connectivity index (χ3v) is 8.57. The maximum atomic E-state index is 15.3. The molecule has 2 aliphatic heterocycles. The summed E-state index contributed by atoms with van der Waals surface area (Å²) in [6.07, 6.45) is 6.60. The summed E-state index contributed by atoms with van der Waals surface area (Å²) in [6.45, 7) is 0.371. The Balaban J connectivity index is 0.00000200. The largest absolute Gasteiger partial charge is 2.00 e. The van der Waals surface area contributed by atoms with E-state index >= 15 is 4.79 Å². The van der Waals surface area contributed by atoms with Crippen LogP contribution in [-0.4, -0.2) is 80.2 Å². The minimum absolute atomic E-state index is 0. The van der Waals surface area contributed by atoms with Crippen molar-refractivity contribution in [3.8, 4) is 0 Å². The molecule has 6 heterocycles. The van der Waals surface area contributed by atoms with Crippen LogP contribution in [-0.2, 0) is 54.0 Å². The van der Waals surface area contributed by atoms with Gasteiger partial charge in [-0.25, -0.2) is 0 Å². The maximum absolute atomic E-state index is 15.3. The molecule has 2 aliphatic rings. The number of fused-ring (bicyclic) bond motifs is 2. The molecular weight excluding hydrogens is 703 g/mol. The molecule has 2 N–H and O–H groups in total. The molecule has 0 aliphatic carbocycles. The number of halogens is 2. The number of esters is 2. The van der Waals surface area contributed by atoms with Gasteiger partial charge in [-0.3, -0.25) is 44.1 Å². The molecule has 2 saturated heterocycles. The number of rotatable bonds is 8. The van der Waals surface area contributed by atoms with E-state index in [-0.39, 0.29) is 73.5 Å². The van der Waals surface area contributed by atoms with Crippen molar-refractivity contribution in [3.05, 3.63) is 120 Å². The Hall–Kier alpha value is -3.81. The van der Waals surface area contributed by atoms with Crippen LogP contribution in [0.1, 0.15) is 34.9 Å². The van der Waals surface area contributed by atoms with Crippen LogP contribution in [0.2, 0.25) is 0 Å². The summed E-state index contributed by atoms with van der Waals surface area (Å²) in [6, 6.07) is 19.9. The number of hydrogen-bond donors (Lipinski definition) is 0. The number of likely N-dealkylation sites (tertiary alicyclic amines) is 2. The van der Waals surface area contributed by atoms with Crippen molar-refractivity contribution in [2.45, 2.75) is 25.2 Å². The molecule has 15 heteroatoms. The molecule has 254 valence electrons. The smallest absolute Gasteiger partial charge is 1.00 e. The number of pyridine rings is 4. The van der Waals surface area contributed by atoms with E-state index in [0.717, 1.165) is 0 Å². The van der Waals surface area contributed by atoms with Gasteiger partial charge in [0.25, 0.3) is 0 Å². The van der Waals surface area contributed by atoms with Crippen LogP contribution in [0.25, 0.3) is 0 Å². The van der Waals surface area contributed by atoms with Crippen molar-refractivity contribution in [1.82, 2.24) is 29.7 Å². The van der Waals surface area contributed by atoms with Crippen LogP contribution in [0.3, 0.4) is 0 Å². The first kappa shape index (κ1) is 40.4. The summed E-state index contributed by atoms with van der Waals surface area (Å²) in [5.74, 6) is -2.10. The summed E-state index contributed by atoms with van der Waals surface area (Å²) in [4.78, 5) is 66.1. The summed E-state index contributed by atoms with van der Waals surface area (Å²) >= 11 is 0. The van der Waals surface area contributed by atoms with E-state index < -0.39 is 40.6 Å². The molecule has 4 aromatic heterocycles. The van der Waals surface area contributed by atoms with Gasteiger partial charge in [0.1, 0.15) is 0 Å². The fourth-order valence-corrected chi connectivity index (χ4v) is 6.96. The Morgan fingerprint density at radius 3 is 1.44 bits per heavy atom. The zero-order chi connectivity index (χ0) is 30.7. The average Bonchev–Trinajstić information content (AvgIpc) is 3.07. The zero-order valence-corrected chi connectivity index (χ0v) is 28.7. The molecule has 48 heavy (non-hydrogen) atoms. The molecule has 0 saturated carbocycles. The van der Waals surface area contributed by atoms with Crippen molar-refractivity contribution in [2.75, 3.05) is 27.3 Å². The Morgan fingerprint density at radius 1 is 0.688 bits per heavy atom. The van der Waals surface area contributed by atoms with E-state index in [9.17, 15) is 9.59 Å². The third-order valence-electron chi connectivity index (χ3n) is 8.57. The van der Waals surface area contributed by atoms with Gasteiger partial charge in [0, 0.05) is 51.0 Å². The molecule has 2 bridgehead atoms. The molecule has 6 rings (SSSR count). The Labute approximate surface area is 301 Å². The monoisotopic (exact) mass is 736 g/mol. The Kier molecular flexibility index (Phi) is 14.3. The Bertz CT molecular complexity index is 1570. The first-order valence-corrected chi connectivity index (χ1v) is 14.3. The van der Waals surface area contributed by atoms with Gasteiger partial charge in [-0.05, 0) is 48.5 Å². The number of nitrogens with zero attached hydrogens (tertiary/aromatic N) is 6. The minimum Gasteiger partial charge on any atom is -1.00 e. The number of aromatic nitrogens is 4. The van der Waals surface area contributed by atoms with Crippen LogP contribution >= 0.6 is 0 Å². The van der Waals surface area contributed by atoms with E-state index in [4.69, 9.17) is 9.47 Å². The van der Waals surface area contributed by atoms with Crippen molar-refractivity contribution >= 4 is 17.7 Å². The first-order valence-electron chi connectivity index (χ1n) is 14.3. The van der Waals surface area contributed by atoms with E-state index in [1.54, 1.807) is 49.1 Å². The van der Waals surface area contributed by atoms with Crippen molar-refractivity contribution in [3.63, 3.8) is 0 Å². The van der Waals surface area contributed by atoms with Gasteiger partial charge < -0.3 is 39.8 Å². The Morgan fingerprint density at radius 2 is 1.08 bits per heavy atom. The van der Waals surface area contributed by atoms with E-state index in [1.165, 1.54) is 14.2 Å². The second kappa shape index (κ2) is 17.0. The summed E-state index contributed by atoms with van der Waals surface area (Å²) in [5, 5.41) is 0.